The molecule has 0 atom stereocenters. The lowest BCUT2D eigenvalue weighted by Crippen LogP contribution is -2.09. The van der Waals surface area contributed by atoms with E-state index in [0.717, 1.165) is 82.9 Å². The zero-order valence-corrected chi connectivity index (χ0v) is 21.3. The standard InChI is InChI=1S/C36H21NO3/c1-4-10-31-25(7-1)28-16-13-22(19-34(28)38-31)37(23-14-17-29-26-8-2-5-11-32(26)39-35(29)20-23)24-15-18-30-27-9-3-6-12-33(27)40-36(30)21-24/h1-21H. The maximum Gasteiger partial charge on any atom is 0.137 e. The van der Waals surface area contributed by atoms with E-state index in [1.807, 2.05) is 54.6 Å². The van der Waals surface area contributed by atoms with Gasteiger partial charge in [-0.3, -0.25) is 0 Å². The molecule has 0 fully saturated rings. The van der Waals surface area contributed by atoms with Crippen molar-refractivity contribution < 1.29 is 13.3 Å². The molecule has 0 saturated carbocycles. The number of benzene rings is 6. The van der Waals surface area contributed by atoms with Crippen molar-refractivity contribution in [3.63, 3.8) is 0 Å². The summed E-state index contributed by atoms with van der Waals surface area (Å²) in [6.07, 6.45) is 0. The van der Waals surface area contributed by atoms with Gasteiger partial charge >= 0.3 is 0 Å². The summed E-state index contributed by atoms with van der Waals surface area (Å²) in [4.78, 5) is 2.23. The van der Waals surface area contributed by atoms with Gasteiger partial charge in [0.15, 0.2) is 0 Å². The SMILES string of the molecule is c1ccc2c(c1)oc1cc(N(c3ccc4c(c3)oc3ccccc34)c3ccc4c(c3)oc3ccccc34)ccc12. The highest BCUT2D eigenvalue weighted by molar-refractivity contribution is 6.09. The number of rotatable bonds is 3. The van der Waals surface area contributed by atoms with Crippen molar-refractivity contribution in [1.29, 1.82) is 0 Å². The second kappa shape index (κ2) is 8.01. The molecule has 6 aromatic carbocycles. The number of anilines is 3. The third-order valence-electron chi connectivity index (χ3n) is 7.86. The molecule has 0 saturated heterocycles. The first kappa shape index (κ1) is 21.5. The summed E-state index contributed by atoms with van der Waals surface area (Å²) in [5.41, 5.74) is 8.14. The molecule has 4 heteroatoms. The van der Waals surface area contributed by atoms with Gasteiger partial charge < -0.3 is 18.2 Å². The monoisotopic (exact) mass is 515 g/mol. The third kappa shape index (κ3) is 3.07. The molecule has 0 N–H and O–H groups in total. The van der Waals surface area contributed by atoms with E-state index in [-0.39, 0.29) is 0 Å². The Balaban J connectivity index is 1.29. The lowest BCUT2D eigenvalue weighted by atomic mass is 10.1. The van der Waals surface area contributed by atoms with Crippen LogP contribution in [0.1, 0.15) is 0 Å². The quantitative estimate of drug-likeness (QED) is 0.235. The number of furan rings is 3. The van der Waals surface area contributed by atoms with Crippen molar-refractivity contribution >= 4 is 82.9 Å². The summed E-state index contributed by atoms with van der Waals surface area (Å²) in [6, 6.07) is 43.7. The van der Waals surface area contributed by atoms with Gasteiger partial charge in [-0.25, -0.2) is 0 Å². The van der Waals surface area contributed by atoms with Crippen LogP contribution >= 0.6 is 0 Å². The van der Waals surface area contributed by atoms with Crippen LogP contribution < -0.4 is 4.90 Å². The van der Waals surface area contributed by atoms with Crippen LogP contribution in [0.5, 0.6) is 0 Å². The summed E-state index contributed by atoms with van der Waals surface area (Å²) < 4.78 is 18.8. The summed E-state index contributed by atoms with van der Waals surface area (Å²) in [5.74, 6) is 0. The second-order valence-corrected chi connectivity index (χ2v) is 10.2. The molecule has 40 heavy (non-hydrogen) atoms. The van der Waals surface area contributed by atoms with Crippen LogP contribution in [0.4, 0.5) is 17.1 Å². The van der Waals surface area contributed by atoms with Crippen molar-refractivity contribution in [3.8, 4) is 0 Å². The Hall–Kier alpha value is -5.48. The Morgan fingerprint density at radius 2 is 0.600 bits per heavy atom. The lowest BCUT2D eigenvalue weighted by molar-refractivity contribution is 0.669. The fourth-order valence-electron chi connectivity index (χ4n) is 6.01. The number of nitrogens with zero attached hydrogens (tertiary/aromatic N) is 1. The smallest absolute Gasteiger partial charge is 0.137 e. The van der Waals surface area contributed by atoms with E-state index in [1.165, 1.54) is 0 Å². The van der Waals surface area contributed by atoms with Gasteiger partial charge in [-0.05, 0) is 54.6 Å². The van der Waals surface area contributed by atoms with E-state index >= 15 is 0 Å². The largest absolute Gasteiger partial charge is 0.456 e. The van der Waals surface area contributed by atoms with Gasteiger partial charge in [0.2, 0.25) is 0 Å². The van der Waals surface area contributed by atoms with E-state index in [2.05, 4.69) is 77.7 Å². The normalized spacial score (nSPS) is 12.0. The Labute approximate surface area is 228 Å². The zero-order chi connectivity index (χ0) is 26.2. The predicted molar refractivity (Wildman–Crippen MR) is 163 cm³/mol. The first-order valence-corrected chi connectivity index (χ1v) is 13.3. The van der Waals surface area contributed by atoms with Crippen LogP contribution in [0.25, 0.3) is 65.8 Å². The molecule has 0 radical (unpaired) electrons. The van der Waals surface area contributed by atoms with Gasteiger partial charge in [-0.1, -0.05) is 54.6 Å². The van der Waals surface area contributed by atoms with Crippen molar-refractivity contribution in [2.24, 2.45) is 0 Å². The number of hydrogen-bond donors (Lipinski definition) is 0. The maximum atomic E-state index is 6.27. The number of para-hydroxylation sites is 3. The van der Waals surface area contributed by atoms with Crippen LogP contribution in [0, 0.1) is 0 Å². The van der Waals surface area contributed by atoms with Crippen LogP contribution in [-0.2, 0) is 0 Å². The predicted octanol–water partition coefficient (Wildman–Crippen LogP) is 10.9. The van der Waals surface area contributed by atoms with E-state index in [4.69, 9.17) is 13.3 Å². The summed E-state index contributed by atoms with van der Waals surface area (Å²) in [5, 5.41) is 6.63. The van der Waals surface area contributed by atoms with Gasteiger partial charge in [-0.2, -0.15) is 0 Å². The van der Waals surface area contributed by atoms with Gasteiger partial charge in [0, 0.05) is 67.6 Å². The molecule has 0 spiro atoms. The topological polar surface area (TPSA) is 42.7 Å². The molecule has 0 amide bonds. The molecular weight excluding hydrogens is 494 g/mol. The molecule has 188 valence electrons. The minimum atomic E-state index is 0.846. The van der Waals surface area contributed by atoms with Crippen molar-refractivity contribution in [1.82, 2.24) is 0 Å². The van der Waals surface area contributed by atoms with Gasteiger partial charge in [-0.15, -0.1) is 0 Å². The number of fused-ring (bicyclic) bond motifs is 9. The summed E-state index contributed by atoms with van der Waals surface area (Å²) >= 11 is 0. The van der Waals surface area contributed by atoms with Gasteiger partial charge in [0.1, 0.15) is 33.5 Å². The molecule has 0 aliphatic carbocycles. The first-order valence-electron chi connectivity index (χ1n) is 13.3. The maximum absolute atomic E-state index is 6.27. The molecule has 0 unspecified atom stereocenters. The molecule has 3 aromatic heterocycles. The molecule has 4 nitrogen and oxygen atoms in total. The molecule has 0 bridgehead atoms. The third-order valence-corrected chi connectivity index (χ3v) is 7.86. The van der Waals surface area contributed by atoms with Gasteiger partial charge in [0.25, 0.3) is 0 Å². The van der Waals surface area contributed by atoms with Crippen molar-refractivity contribution in [3.05, 3.63) is 127 Å². The fourth-order valence-corrected chi connectivity index (χ4v) is 6.01. The Bertz CT molecular complexity index is 2130. The molecule has 0 aliphatic rings. The minimum absolute atomic E-state index is 0.846. The summed E-state index contributed by atoms with van der Waals surface area (Å²) in [7, 11) is 0. The minimum Gasteiger partial charge on any atom is -0.456 e. The summed E-state index contributed by atoms with van der Waals surface area (Å²) in [6.45, 7) is 0. The van der Waals surface area contributed by atoms with Crippen LogP contribution in [-0.4, -0.2) is 0 Å². The van der Waals surface area contributed by atoms with E-state index in [1.54, 1.807) is 0 Å². The Morgan fingerprint density at radius 3 is 0.950 bits per heavy atom. The highest BCUT2D eigenvalue weighted by Crippen LogP contribution is 2.42. The molecular formula is C36H21NO3. The van der Waals surface area contributed by atoms with Crippen LogP contribution in [0.15, 0.2) is 141 Å². The average Bonchev–Trinajstić information content (AvgIpc) is 3.67. The Morgan fingerprint density at radius 1 is 0.300 bits per heavy atom. The molecule has 9 rings (SSSR count). The van der Waals surface area contributed by atoms with Gasteiger partial charge in [0.05, 0.1) is 0 Å². The van der Waals surface area contributed by atoms with E-state index < -0.39 is 0 Å². The molecule has 9 aromatic rings. The molecule has 3 heterocycles. The highest BCUT2D eigenvalue weighted by atomic mass is 16.3. The lowest BCUT2D eigenvalue weighted by Gasteiger charge is -2.25. The fraction of sp³-hybridized carbons (Fsp3) is 0. The number of hydrogen-bond acceptors (Lipinski definition) is 4. The van der Waals surface area contributed by atoms with Crippen LogP contribution in [0.2, 0.25) is 0 Å². The Kier molecular flexibility index (Phi) is 4.30. The van der Waals surface area contributed by atoms with Crippen molar-refractivity contribution in [2.45, 2.75) is 0 Å². The highest BCUT2D eigenvalue weighted by Gasteiger charge is 2.19. The van der Waals surface area contributed by atoms with Crippen LogP contribution in [0.3, 0.4) is 0 Å². The van der Waals surface area contributed by atoms with E-state index in [0.29, 0.717) is 0 Å². The zero-order valence-electron chi connectivity index (χ0n) is 21.3. The van der Waals surface area contributed by atoms with E-state index in [9.17, 15) is 0 Å². The van der Waals surface area contributed by atoms with Crippen molar-refractivity contribution in [2.75, 3.05) is 4.90 Å². The average molecular weight is 516 g/mol. The molecule has 0 aliphatic heterocycles. The second-order valence-electron chi connectivity index (χ2n) is 10.2. The first-order chi connectivity index (χ1) is 19.8.